The van der Waals surface area contributed by atoms with Crippen LogP contribution in [0.3, 0.4) is 0 Å². The molecule has 1 saturated heterocycles. The molecule has 2 aromatic rings. The number of aryl methyl sites for hydroxylation is 1. The fourth-order valence-corrected chi connectivity index (χ4v) is 3.04. The maximum absolute atomic E-state index is 4.72. The van der Waals surface area contributed by atoms with Crippen LogP contribution in [0.1, 0.15) is 18.5 Å². The van der Waals surface area contributed by atoms with E-state index in [2.05, 4.69) is 20.2 Å². The second kappa shape index (κ2) is 4.44. The smallest absolute Gasteiger partial charge is 0.161 e. The zero-order valence-electron chi connectivity index (χ0n) is 11.5. The van der Waals surface area contributed by atoms with E-state index in [-0.39, 0.29) is 0 Å². The minimum absolute atomic E-state index is 0.526. The molecule has 2 bridgehead atoms. The summed E-state index contributed by atoms with van der Waals surface area (Å²) >= 11 is 0. The van der Waals surface area contributed by atoms with Crippen molar-refractivity contribution in [2.45, 2.75) is 25.8 Å². The highest BCUT2D eigenvalue weighted by atomic mass is 15.3. The summed E-state index contributed by atoms with van der Waals surface area (Å²) in [6.07, 6.45) is 6.22. The summed E-state index contributed by atoms with van der Waals surface area (Å²) in [6.45, 7) is 4.17. The predicted molar refractivity (Wildman–Crippen MR) is 78.9 cm³/mol. The topological polar surface area (TPSA) is 53.9 Å². The number of pyridine rings is 1. The summed E-state index contributed by atoms with van der Waals surface area (Å²) in [5.74, 6) is 1.74. The minimum atomic E-state index is 0.526. The van der Waals surface area contributed by atoms with Crippen molar-refractivity contribution in [1.82, 2.24) is 15.0 Å². The van der Waals surface area contributed by atoms with Gasteiger partial charge in [-0.2, -0.15) is 0 Å². The molecule has 4 heterocycles. The zero-order valence-corrected chi connectivity index (χ0v) is 11.5. The molecule has 0 saturated carbocycles. The number of rotatable bonds is 1. The van der Waals surface area contributed by atoms with Crippen molar-refractivity contribution >= 4 is 11.5 Å². The van der Waals surface area contributed by atoms with Gasteiger partial charge in [0, 0.05) is 36.6 Å². The van der Waals surface area contributed by atoms with Gasteiger partial charge in [-0.15, -0.1) is 0 Å². The number of fused-ring (bicyclic) bond motifs is 4. The number of hydrogen-bond acceptors (Lipinski definition) is 5. The van der Waals surface area contributed by atoms with Gasteiger partial charge in [0.15, 0.2) is 11.6 Å². The van der Waals surface area contributed by atoms with Gasteiger partial charge in [0.25, 0.3) is 0 Å². The van der Waals surface area contributed by atoms with Gasteiger partial charge in [-0.05, 0) is 31.9 Å². The molecule has 5 heteroatoms. The Labute approximate surface area is 118 Å². The van der Waals surface area contributed by atoms with Crippen LogP contribution in [0, 0.1) is 6.92 Å². The van der Waals surface area contributed by atoms with Crippen LogP contribution in [0.5, 0.6) is 0 Å². The lowest BCUT2D eigenvalue weighted by molar-refractivity contribution is 0.515. The largest absolute Gasteiger partial charge is 0.365 e. The number of nitrogens with zero attached hydrogens (tertiary/aromatic N) is 4. The Balaban J connectivity index is 1.76. The molecule has 1 N–H and O–H groups in total. The van der Waals surface area contributed by atoms with Gasteiger partial charge in [-0.3, -0.25) is 4.98 Å². The van der Waals surface area contributed by atoms with Crippen LogP contribution < -0.4 is 10.2 Å². The Morgan fingerprint density at radius 1 is 1.35 bits per heavy atom. The molecule has 0 aliphatic carbocycles. The summed E-state index contributed by atoms with van der Waals surface area (Å²) in [6, 6.07) is 4.50. The average Bonchev–Trinajstić information content (AvgIpc) is 2.47. The number of piperidine rings is 1. The van der Waals surface area contributed by atoms with Crippen LogP contribution >= 0.6 is 0 Å². The van der Waals surface area contributed by atoms with Gasteiger partial charge in [-0.1, -0.05) is 0 Å². The van der Waals surface area contributed by atoms with Crippen LogP contribution in [0.15, 0.2) is 24.5 Å². The zero-order chi connectivity index (χ0) is 13.5. The summed E-state index contributed by atoms with van der Waals surface area (Å²) in [5, 5.41) is 3.54. The third kappa shape index (κ3) is 1.90. The molecule has 2 aliphatic rings. The van der Waals surface area contributed by atoms with E-state index in [1.54, 1.807) is 6.20 Å². The highest BCUT2D eigenvalue weighted by Gasteiger charge is 2.28. The molecule has 0 radical (unpaired) electrons. The fourth-order valence-electron chi connectivity index (χ4n) is 3.04. The first-order valence-electron chi connectivity index (χ1n) is 7.11. The maximum Gasteiger partial charge on any atom is 0.161 e. The van der Waals surface area contributed by atoms with Crippen LogP contribution in [0.4, 0.5) is 11.5 Å². The third-order valence-electron chi connectivity index (χ3n) is 4.03. The Morgan fingerprint density at radius 2 is 2.30 bits per heavy atom. The SMILES string of the molecule is Cc1cc(-c2ncc3c(n2)N[C@H]2CCCN3C2)ccn1. The van der Waals surface area contributed by atoms with Crippen molar-refractivity contribution < 1.29 is 0 Å². The van der Waals surface area contributed by atoms with Crippen LogP contribution in [-0.4, -0.2) is 34.1 Å². The Morgan fingerprint density at radius 3 is 3.20 bits per heavy atom. The lowest BCUT2D eigenvalue weighted by Gasteiger charge is -2.40. The average molecular weight is 267 g/mol. The van der Waals surface area contributed by atoms with Crippen molar-refractivity contribution in [3.05, 3.63) is 30.2 Å². The summed E-state index contributed by atoms with van der Waals surface area (Å²) in [5.41, 5.74) is 3.14. The van der Waals surface area contributed by atoms with E-state index in [0.29, 0.717) is 6.04 Å². The van der Waals surface area contributed by atoms with E-state index in [1.807, 2.05) is 25.3 Å². The van der Waals surface area contributed by atoms with Crippen molar-refractivity contribution in [3.8, 4) is 11.4 Å². The monoisotopic (exact) mass is 267 g/mol. The Hall–Kier alpha value is -2.17. The molecule has 5 nitrogen and oxygen atoms in total. The highest BCUT2D eigenvalue weighted by Crippen LogP contribution is 2.33. The predicted octanol–water partition coefficient (Wildman–Crippen LogP) is 2.24. The Kier molecular flexibility index (Phi) is 2.58. The normalized spacial score (nSPS) is 20.2. The quantitative estimate of drug-likeness (QED) is 0.858. The fraction of sp³-hybridized carbons (Fsp3) is 0.400. The highest BCUT2D eigenvalue weighted by molar-refractivity contribution is 5.71. The van der Waals surface area contributed by atoms with Gasteiger partial charge in [0.05, 0.1) is 11.9 Å². The van der Waals surface area contributed by atoms with Gasteiger partial charge in [-0.25, -0.2) is 9.97 Å². The maximum atomic E-state index is 4.72. The summed E-state index contributed by atoms with van der Waals surface area (Å²) < 4.78 is 0. The molecule has 2 aliphatic heterocycles. The molecule has 1 fully saturated rings. The lowest BCUT2D eigenvalue weighted by atomic mass is 10.0. The summed E-state index contributed by atoms with van der Waals surface area (Å²) in [4.78, 5) is 15.9. The Bertz CT molecular complexity index is 654. The minimum Gasteiger partial charge on any atom is -0.365 e. The van der Waals surface area contributed by atoms with E-state index in [0.717, 1.165) is 41.7 Å². The van der Waals surface area contributed by atoms with E-state index in [1.165, 1.54) is 12.8 Å². The van der Waals surface area contributed by atoms with E-state index in [4.69, 9.17) is 4.98 Å². The standard InChI is InChI=1S/C15H17N5/c1-10-7-11(4-5-16-10)14-17-8-13-15(19-14)18-12-3-2-6-20(13)9-12/h4-5,7-8,12H,2-3,6,9H2,1H3,(H,17,18,19)/t12-/m0/s1. The number of anilines is 2. The number of aromatic nitrogens is 3. The van der Waals surface area contributed by atoms with Crippen LogP contribution in [0.2, 0.25) is 0 Å². The van der Waals surface area contributed by atoms with Crippen molar-refractivity contribution in [1.29, 1.82) is 0 Å². The first-order valence-corrected chi connectivity index (χ1v) is 7.11. The number of nitrogens with one attached hydrogen (secondary N) is 1. The van der Waals surface area contributed by atoms with Gasteiger partial charge in [0.2, 0.25) is 0 Å². The van der Waals surface area contributed by atoms with Gasteiger partial charge in [0.1, 0.15) is 0 Å². The molecule has 4 rings (SSSR count). The second-order valence-electron chi connectivity index (χ2n) is 5.54. The van der Waals surface area contributed by atoms with E-state index in [9.17, 15) is 0 Å². The van der Waals surface area contributed by atoms with Gasteiger partial charge >= 0.3 is 0 Å². The molecule has 20 heavy (non-hydrogen) atoms. The molecular weight excluding hydrogens is 250 g/mol. The van der Waals surface area contributed by atoms with Crippen molar-refractivity contribution in [2.24, 2.45) is 0 Å². The van der Waals surface area contributed by atoms with Crippen molar-refractivity contribution in [2.75, 3.05) is 23.3 Å². The van der Waals surface area contributed by atoms with Crippen LogP contribution in [0.25, 0.3) is 11.4 Å². The first kappa shape index (κ1) is 11.6. The molecule has 1 atom stereocenters. The molecule has 0 amide bonds. The van der Waals surface area contributed by atoms with Crippen molar-refractivity contribution in [3.63, 3.8) is 0 Å². The first-order chi connectivity index (χ1) is 9.79. The van der Waals surface area contributed by atoms with E-state index < -0.39 is 0 Å². The number of hydrogen-bond donors (Lipinski definition) is 1. The van der Waals surface area contributed by atoms with Gasteiger partial charge < -0.3 is 10.2 Å². The second-order valence-corrected chi connectivity index (χ2v) is 5.54. The molecule has 102 valence electrons. The molecule has 2 aromatic heterocycles. The molecule has 0 spiro atoms. The van der Waals surface area contributed by atoms with E-state index >= 15 is 0 Å². The summed E-state index contributed by atoms with van der Waals surface area (Å²) in [7, 11) is 0. The molecule has 0 unspecified atom stereocenters. The molecule has 0 aromatic carbocycles. The third-order valence-corrected chi connectivity index (χ3v) is 4.03. The molecular formula is C15H17N5. The lowest BCUT2D eigenvalue weighted by Crippen LogP contribution is -2.46. The van der Waals surface area contributed by atoms with Crippen LogP contribution in [-0.2, 0) is 0 Å².